The van der Waals surface area contributed by atoms with Gasteiger partial charge < -0.3 is 10.1 Å². The molecule has 92 valence electrons. The lowest BCUT2D eigenvalue weighted by molar-refractivity contribution is -0.124. The van der Waals surface area contributed by atoms with Crippen molar-refractivity contribution in [1.29, 1.82) is 0 Å². The van der Waals surface area contributed by atoms with Crippen LogP contribution in [0.25, 0.3) is 0 Å². The Hall–Kier alpha value is -0.300. The molecule has 0 bridgehead atoms. The standard InChI is InChI=1S/C10H19N3O2S/c1-6(2)8(14)11-10-13-12-9(16-10)7-4-3-5-15-7/h6-7,9-10,12-13H,3-5H2,1-2H3,(H,11,14)/t7-,9?,10?/m0/s1. The molecule has 2 aliphatic rings. The van der Waals surface area contributed by atoms with Gasteiger partial charge in [-0.2, -0.15) is 0 Å². The van der Waals surface area contributed by atoms with Crippen LogP contribution in [0.5, 0.6) is 0 Å². The molecule has 0 aromatic carbocycles. The second-order valence-electron chi connectivity index (χ2n) is 4.44. The Bertz CT molecular complexity index is 256. The Morgan fingerprint density at radius 2 is 2.31 bits per heavy atom. The number of hydrazine groups is 1. The van der Waals surface area contributed by atoms with Crippen molar-refractivity contribution in [2.24, 2.45) is 5.92 Å². The molecule has 2 saturated heterocycles. The monoisotopic (exact) mass is 245 g/mol. The van der Waals surface area contributed by atoms with E-state index in [1.807, 2.05) is 13.8 Å². The van der Waals surface area contributed by atoms with Crippen molar-refractivity contribution >= 4 is 17.7 Å². The molecule has 0 radical (unpaired) electrons. The largest absolute Gasteiger partial charge is 0.376 e. The van der Waals surface area contributed by atoms with Gasteiger partial charge in [-0.05, 0) is 12.8 Å². The molecule has 2 heterocycles. The third-order valence-electron chi connectivity index (χ3n) is 2.74. The first-order chi connectivity index (χ1) is 7.66. The van der Waals surface area contributed by atoms with Crippen LogP contribution in [-0.4, -0.2) is 29.5 Å². The summed E-state index contributed by atoms with van der Waals surface area (Å²) < 4.78 is 5.60. The van der Waals surface area contributed by atoms with Gasteiger partial charge in [-0.25, -0.2) is 10.9 Å². The molecule has 3 N–H and O–H groups in total. The second kappa shape index (κ2) is 5.35. The van der Waals surface area contributed by atoms with Crippen LogP contribution in [-0.2, 0) is 9.53 Å². The van der Waals surface area contributed by atoms with Crippen molar-refractivity contribution in [3.63, 3.8) is 0 Å². The van der Waals surface area contributed by atoms with Crippen LogP contribution in [0.1, 0.15) is 26.7 Å². The fourth-order valence-electron chi connectivity index (χ4n) is 1.76. The molecule has 2 fully saturated rings. The molecule has 5 nitrogen and oxygen atoms in total. The zero-order chi connectivity index (χ0) is 11.5. The third-order valence-corrected chi connectivity index (χ3v) is 3.96. The summed E-state index contributed by atoms with van der Waals surface area (Å²) in [6.07, 6.45) is 2.49. The number of amides is 1. The van der Waals surface area contributed by atoms with Gasteiger partial charge in [0.25, 0.3) is 0 Å². The first-order valence-corrected chi connectivity index (χ1v) is 6.69. The summed E-state index contributed by atoms with van der Waals surface area (Å²) in [5.74, 6) is 0.0870. The van der Waals surface area contributed by atoms with Crippen molar-refractivity contribution in [2.75, 3.05) is 6.61 Å². The fourth-order valence-corrected chi connectivity index (χ4v) is 2.90. The Labute approximate surface area is 100 Å². The van der Waals surface area contributed by atoms with Gasteiger partial charge in [0.15, 0.2) is 0 Å². The molecular formula is C10H19N3O2S. The Kier molecular flexibility index (Phi) is 4.07. The lowest BCUT2D eigenvalue weighted by Gasteiger charge is -2.16. The first kappa shape index (κ1) is 12.2. The van der Waals surface area contributed by atoms with Crippen molar-refractivity contribution in [1.82, 2.24) is 16.2 Å². The van der Waals surface area contributed by atoms with Gasteiger partial charge in [-0.15, -0.1) is 0 Å². The van der Waals surface area contributed by atoms with Gasteiger partial charge in [0.2, 0.25) is 5.91 Å². The fraction of sp³-hybridized carbons (Fsp3) is 0.900. The Morgan fingerprint density at radius 3 is 2.94 bits per heavy atom. The van der Waals surface area contributed by atoms with Gasteiger partial charge in [-0.1, -0.05) is 25.6 Å². The molecule has 0 aromatic heterocycles. The van der Waals surface area contributed by atoms with E-state index in [2.05, 4.69) is 16.2 Å². The molecule has 6 heteroatoms. The number of nitrogens with one attached hydrogen (secondary N) is 3. The normalized spacial score (nSPS) is 34.6. The van der Waals surface area contributed by atoms with E-state index >= 15 is 0 Å². The van der Waals surface area contributed by atoms with Crippen LogP contribution in [0.3, 0.4) is 0 Å². The smallest absolute Gasteiger partial charge is 0.224 e. The molecular weight excluding hydrogens is 226 g/mol. The number of ether oxygens (including phenoxy) is 1. The molecule has 0 saturated carbocycles. The van der Waals surface area contributed by atoms with E-state index < -0.39 is 0 Å². The third kappa shape index (κ3) is 2.88. The van der Waals surface area contributed by atoms with Gasteiger partial charge in [0, 0.05) is 12.5 Å². The summed E-state index contributed by atoms with van der Waals surface area (Å²) in [6, 6.07) is 0. The van der Waals surface area contributed by atoms with E-state index in [1.54, 1.807) is 11.8 Å². The van der Waals surface area contributed by atoms with Gasteiger partial charge in [0.1, 0.15) is 5.50 Å². The maximum absolute atomic E-state index is 11.5. The topological polar surface area (TPSA) is 62.4 Å². The van der Waals surface area contributed by atoms with Crippen molar-refractivity contribution < 1.29 is 9.53 Å². The SMILES string of the molecule is CC(C)C(=O)NC1NNC([C@@H]2CCCO2)S1. The number of rotatable bonds is 3. The number of carbonyl (C=O) groups excluding carboxylic acids is 1. The highest BCUT2D eigenvalue weighted by atomic mass is 32.2. The minimum Gasteiger partial charge on any atom is -0.376 e. The highest BCUT2D eigenvalue weighted by Gasteiger charge is 2.34. The molecule has 2 rings (SSSR count). The summed E-state index contributed by atoms with van der Waals surface area (Å²) >= 11 is 1.67. The van der Waals surface area contributed by atoms with E-state index in [4.69, 9.17) is 4.74 Å². The summed E-state index contributed by atoms with van der Waals surface area (Å²) in [7, 11) is 0. The van der Waals surface area contributed by atoms with Gasteiger partial charge >= 0.3 is 0 Å². The molecule has 0 aliphatic carbocycles. The number of thioether (sulfide) groups is 1. The molecule has 2 unspecified atom stereocenters. The summed E-state index contributed by atoms with van der Waals surface area (Å²) in [5.41, 5.74) is 6.18. The molecule has 0 spiro atoms. The molecule has 3 atom stereocenters. The van der Waals surface area contributed by atoms with Crippen molar-refractivity contribution in [3.05, 3.63) is 0 Å². The highest BCUT2D eigenvalue weighted by Crippen LogP contribution is 2.27. The van der Waals surface area contributed by atoms with E-state index in [1.165, 1.54) is 0 Å². The number of carbonyl (C=O) groups is 1. The summed E-state index contributed by atoms with van der Waals surface area (Å²) in [5, 5.41) is 3.16. The summed E-state index contributed by atoms with van der Waals surface area (Å²) in [4.78, 5) is 11.5. The van der Waals surface area contributed by atoms with E-state index in [9.17, 15) is 4.79 Å². The van der Waals surface area contributed by atoms with Crippen LogP contribution in [0.2, 0.25) is 0 Å². The lowest BCUT2D eigenvalue weighted by Crippen LogP contribution is -2.45. The molecule has 16 heavy (non-hydrogen) atoms. The van der Waals surface area contributed by atoms with Crippen LogP contribution in [0.15, 0.2) is 0 Å². The number of hydrogen-bond donors (Lipinski definition) is 3. The molecule has 2 aliphatic heterocycles. The van der Waals surface area contributed by atoms with Crippen molar-refractivity contribution in [3.8, 4) is 0 Å². The van der Waals surface area contributed by atoms with E-state index in [0.29, 0.717) is 0 Å². The van der Waals surface area contributed by atoms with Crippen LogP contribution >= 0.6 is 11.8 Å². The number of hydrogen-bond acceptors (Lipinski definition) is 5. The van der Waals surface area contributed by atoms with E-state index in [-0.39, 0.29) is 28.8 Å². The Balaban J connectivity index is 1.76. The van der Waals surface area contributed by atoms with Gasteiger partial charge in [0.05, 0.1) is 11.5 Å². The zero-order valence-corrected chi connectivity index (χ0v) is 10.5. The van der Waals surface area contributed by atoms with E-state index in [0.717, 1.165) is 19.4 Å². The maximum atomic E-state index is 11.5. The first-order valence-electron chi connectivity index (χ1n) is 5.75. The quantitative estimate of drug-likeness (QED) is 0.671. The second-order valence-corrected chi connectivity index (χ2v) is 5.69. The van der Waals surface area contributed by atoms with Gasteiger partial charge in [-0.3, -0.25) is 4.79 Å². The average molecular weight is 245 g/mol. The van der Waals surface area contributed by atoms with Crippen LogP contribution in [0.4, 0.5) is 0 Å². The highest BCUT2D eigenvalue weighted by molar-refractivity contribution is 8.00. The maximum Gasteiger partial charge on any atom is 0.224 e. The molecule has 1 amide bonds. The zero-order valence-electron chi connectivity index (χ0n) is 9.66. The lowest BCUT2D eigenvalue weighted by atomic mass is 10.2. The predicted molar refractivity (Wildman–Crippen MR) is 63.4 cm³/mol. The molecule has 0 aromatic rings. The predicted octanol–water partition coefficient (Wildman–Crippen LogP) is 0.388. The average Bonchev–Trinajstić information content (AvgIpc) is 2.85. The Morgan fingerprint density at radius 1 is 1.50 bits per heavy atom. The summed E-state index contributed by atoms with van der Waals surface area (Å²) in [6.45, 7) is 4.63. The minimum atomic E-state index is -0.0518. The van der Waals surface area contributed by atoms with Crippen LogP contribution < -0.4 is 16.2 Å². The van der Waals surface area contributed by atoms with Crippen LogP contribution in [0, 0.1) is 5.92 Å². The minimum absolute atomic E-state index is 0.0178. The van der Waals surface area contributed by atoms with Crippen molar-refractivity contribution in [2.45, 2.75) is 43.7 Å².